The van der Waals surface area contributed by atoms with Gasteiger partial charge in [0, 0.05) is 16.6 Å². The molecule has 158 valence electrons. The van der Waals surface area contributed by atoms with Crippen LogP contribution in [0.4, 0.5) is 5.13 Å². The van der Waals surface area contributed by atoms with Gasteiger partial charge >= 0.3 is 0 Å². The lowest BCUT2D eigenvalue weighted by atomic mass is 10.1. The maximum absolute atomic E-state index is 12.8. The number of amides is 1. The fourth-order valence-corrected chi connectivity index (χ4v) is 5.48. The zero-order chi connectivity index (χ0) is 22.1. The molecule has 1 atom stereocenters. The molecule has 1 unspecified atom stereocenters. The summed E-state index contributed by atoms with van der Waals surface area (Å²) in [5, 5.41) is 17.5. The van der Waals surface area contributed by atoms with Crippen molar-refractivity contribution in [3.63, 3.8) is 0 Å². The lowest BCUT2D eigenvalue weighted by Gasteiger charge is -2.12. The van der Waals surface area contributed by atoms with Crippen LogP contribution < -0.4 is 5.32 Å². The number of fused-ring (bicyclic) bond motifs is 2. The molecule has 2 aromatic carbocycles. The lowest BCUT2D eigenvalue weighted by Crippen LogP contribution is -2.22. The van der Waals surface area contributed by atoms with Crippen LogP contribution in [0, 0.1) is 11.3 Å². The number of aryl methyl sites for hydroxylation is 2. The number of rotatable bonds is 5. The van der Waals surface area contributed by atoms with Crippen LogP contribution in [0.25, 0.3) is 22.0 Å². The van der Waals surface area contributed by atoms with E-state index < -0.39 is 5.25 Å². The molecule has 2 heterocycles. The number of carbonyl (C=O) groups is 1. The summed E-state index contributed by atoms with van der Waals surface area (Å²) in [5.74, 6) is -0.152. The van der Waals surface area contributed by atoms with Gasteiger partial charge in [0.2, 0.25) is 5.91 Å². The largest absolute Gasteiger partial charge is 0.301 e. The third-order valence-electron chi connectivity index (χ3n) is 5.57. The Bertz CT molecular complexity index is 1370. The summed E-state index contributed by atoms with van der Waals surface area (Å²) in [6, 6.07) is 18.6. The number of benzene rings is 2. The third-order valence-corrected chi connectivity index (χ3v) is 7.43. The molecule has 2 aromatic heterocycles. The molecule has 0 fully saturated rings. The van der Waals surface area contributed by atoms with Gasteiger partial charge in [0.25, 0.3) is 0 Å². The van der Waals surface area contributed by atoms with E-state index in [0.29, 0.717) is 15.7 Å². The number of hydrogen-bond donors (Lipinski definition) is 1. The number of carbonyl (C=O) groups excluding carboxylic acids is 1. The summed E-state index contributed by atoms with van der Waals surface area (Å²) >= 11 is 2.73. The molecule has 0 aliphatic heterocycles. The Kier molecular flexibility index (Phi) is 5.64. The van der Waals surface area contributed by atoms with Crippen LogP contribution in [0.2, 0.25) is 0 Å². The van der Waals surface area contributed by atoms with Crippen molar-refractivity contribution in [2.75, 3.05) is 5.32 Å². The van der Waals surface area contributed by atoms with Crippen molar-refractivity contribution in [3.8, 4) is 17.3 Å². The van der Waals surface area contributed by atoms with Crippen molar-refractivity contribution >= 4 is 44.9 Å². The van der Waals surface area contributed by atoms with Crippen LogP contribution in [-0.4, -0.2) is 21.1 Å². The fraction of sp³-hybridized carbons (Fsp3) is 0.200. The van der Waals surface area contributed by atoms with Gasteiger partial charge in [0.1, 0.15) is 11.1 Å². The van der Waals surface area contributed by atoms with E-state index in [2.05, 4.69) is 45.6 Å². The SMILES string of the molecule is CC(Sc1nc2c(cc1C#N)CCC2)C(=O)Nc1nc(-c2ccc3ccccc3c2)cs1. The Labute approximate surface area is 194 Å². The van der Waals surface area contributed by atoms with Gasteiger partial charge in [-0.3, -0.25) is 4.79 Å². The van der Waals surface area contributed by atoms with E-state index in [1.165, 1.54) is 28.5 Å². The smallest absolute Gasteiger partial charge is 0.239 e. The molecule has 5 rings (SSSR count). The summed E-state index contributed by atoms with van der Waals surface area (Å²) in [6.45, 7) is 1.83. The number of aromatic nitrogens is 2. The van der Waals surface area contributed by atoms with E-state index in [-0.39, 0.29) is 5.91 Å². The first-order chi connectivity index (χ1) is 15.6. The van der Waals surface area contributed by atoms with Gasteiger partial charge in [-0.15, -0.1) is 11.3 Å². The molecular weight excluding hydrogens is 436 g/mol. The first kappa shape index (κ1) is 20.7. The molecule has 5 nitrogen and oxygen atoms in total. The van der Waals surface area contributed by atoms with Gasteiger partial charge in [-0.25, -0.2) is 9.97 Å². The zero-order valence-corrected chi connectivity index (χ0v) is 19.1. The minimum atomic E-state index is -0.401. The van der Waals surface area contributed by atoms with Crippen LogP contribution in [0.3, 0.4) is 0 Å². The highest BCUT2D eigenvalue weighted by Crippen LogP contribution is 2.32. The summed E-state index contributed by atoms with van der Waals surface area (Å²) in [4.78, 5) is 22.1. The minimum Gasteiger partial charge on any atom is -0.301 e. The first-order valence-corrected chi connectivity index (χ1v) is 12.2. The van der Waals surface area contributed by atoms with E-state index in [4.69, 9.17) is 0 Å². The Morgan fingerprint density at radius 3 is 2.84 bits per heavy atom. The molecule has 4 aromatic rings. The standard InChI is InChI=1S/C25H20N4OS2/c1-15(32-24-20(13-26)12-18-7-4-8-21(18)27-24)23(30)29-25-28-22(14-31-25)19-10-9-16-5-2-3-6-17(16)11-19/h2-3,5-6,9-12,14-15H,4,7-8H2,1H3,(H,28,29,30). The van der Waals surface area contributed by atoms with E-state index in [0.717, 1.165) is 47.2 Å². The molecule has 1 aliphatic carbocycles. The fourth-order valence-electron chi connectivity index (χ4n) is 3.86. The maximum atomic E-state index is 12.8. The minimum absolute atomic E-state index is 0.152. The van der Waals surface area contributed by atoms with Gasteiger partial charge in [-0.05, 0) is 54.7 Å². The molecule has 1 amide bonds. The average Bonchev–Trinajstić information content (AvgIpc) is 3.47. The number of nitriles is 1. The molecule has 0 bridgehead atoms. The molecule has 0 spiro atoms. The monoisotopic (exact) mass is 456 g/mol. The van der Waals surface area contributed by atoms with Crippen molar-refractivity contribution in [2.45, 2.75) is 36.5 Å². The van der Waals surface area contributed by atoms with Crippen LogP contribution in [0.1, 0.15) is 30.2 Å². The lowest BCUT2D eigenvalue weighted by molar-refractivity contribution is -0.115. The van der Waals surface area contributed by atoms with E-state index in [1.54, 1.807) is 0 Å². The Hall–Kier alpha value is -3.21. The van der Waals surface area contributed by atoms with Crippen LogP contribution in [-0.2, 0) is 17.6 Å². The number of thiazole rings is 1. The zero-order valence-electron chi connectivity index (χ0n) is 17.5. The molecule has 32 heavy (non-hydrogen) atoms. The molecule has 0 saturated heterocycles. The predicted octanol–water partition coefficient (Wildman–Crippen LogP) is 5.84. The van der Waals surface area contributed by atoms with Crippen LogP contribution in [0.5, 0.6) is 0 Å². The predicted molar refractivity (Wildman–Crippen MR) is 130 cm³/mol. The van der Waals surface area contributed by atoms with Crippen molar-refractivity contribution < 1.29 is 4.79 Å². The van der Waals surface area contributed by atoms with Gasteiger partial charge in [-0.2, -0.15) is 5.26 Å². The van der Waals surface area contributed by atoms with Crippen LogP contribution >= 0.6 is 23.1 Å². The molecule has 1 N–H and O–H groups in total. The molecule has 0 radical (unpaired) electrons. The molecular formula is C25H20N4OS2. The quantitative estimate of drug-likeness (QED) is 0.382. The average molecular weight is 457 g/mol. The van der Waals surface area contributed by atoms with Crippen molar-refractivity contribution in [1.29, 1.82) is 5.26 Å². The highest BCUT2D eigenvalue weighted by molar-refractivity contribution is 8.00. The van der Waals surface area contributed by atoms with E-state index in [9.17, 15) is 10.1 Å². The van der Waals surface area contributed by atoms with Gasteiger partial charge in [0.15, 0.2) is 5.13 Å². The van der Waals surface area contributed by atoms with Crippen molar-refractivity contribution in [3.05, 3.63) is 70.7 Å². The second-order valence-electron chi connectivity index (χ2n) is 7.76. The molecule has 1 aliphatic rings. The second kappa shape index (κ2) is 8.73. The number of anilines is 1. The van der Waals surface area contributed by atoms with Crippen molar-refractivity contribution in [2.24, 2.45) is 0 Å². The van der Waals surface area contributed by atoms with E-state index in [1.807, 2.05) is 36.6 Å². The summed E-state index contributed by atoms with van der Waals surface area (Å²) < 4.78 is 0. The topological polar surface area (TPSA) is 78.7 Å². The van der Waals surface area contributed by atoms with Gasteiger partial charge < -0.3 is 5.32 Å². The number of thioether (sulfide) groups is 1. The second-order valence-corrected chi connectivity index (χ2v) is 9.95. The summed E-state index contributed by atoms with van der Waals surface area (Å²) in [5.41, 5.74) is 4.61. The summed E-state index contributed by atoms with van der Waals surface area (Å²) in [7, 11) is 0. The van der Waals surface area contributed by atoms with Crippen LogP contribution in [0.15, 0.2) is 58.9 Å². The Balaban J connectivity index is 1.29. The van der Waals surface area contributed by atoms with E-state index >= 15 is 0 Å². The highest BCUT2D eigenvalue weighted by Gasteiger charge is 2.22. The number of pyridine rings is 1. The number of nitrogens with one attached hydrogen (secondary N) is 1. The normalized spacial score (nSPS) is 13.5. The van der Waals surface area contributed by atoms with Crippen molar-refractivity contribution in [1.82, 2.24) is 9.97 Å². The summed E-state index contributed by atoms with van der Waals surface area (Å²) in [6.07, 6.45) is 2.98. The maximum Gasteiger partial charge on any atom is 0.239 e. The molecule has 7 heteroatoms. The molecule has 0 saturated carbocycles. The Morgan fingerprint density at radius 2 is 2.00 bits per heavy atom. The first-order valence-electron chi connectivity index (χ1n) is 10.5. The number of hydrogen-bond acceptors (Lipinski definition) is 6. The highest BCUT2D eigenvalue weighted by atomic mass is 32.2. The van der Waals surface area contributed by atoms with Gasteiger partial charge in [0.05, 0.1) is 16.5 Å². The Morgan fingerprint density at radius 1 is 1.16 bits per heavy atom. The third kappa shape index (κ3) is 4.12. The number of nitrogens with zero attached hydrogens (tertiary/aromatic N) is 3. The van der Waals surface area contributed by atoms with Gasteiger partial charge in [-0.1, -0.05) is 48.2 Å².